The Balaban J connectivity index is 1.13. The highest BCUT2D eigenvalue weighted by Gasteiger charge is 2.36. The van der Waals surface area contributed by atoms with Crippen molar-refractivity contribution in [2.24, 2.45) is 0 Å². The van der Waals surface area contributed by atoms with Gasteiger partial charge in [0, 0.05) is 56.0 Å². The lowest BCUT2D eigenvalue weighted by Crippen LogP contribution is -2.50. The Morgan fingerprint density at radius 1 is 1.05 bits per heavy atom. The number of halogens is 3. The van der Waals surface area contributed by atoms with Crippen molar-refractivity contribution >= 4 is 22.6 Å². The molecular weight excluding hydrogens is 567 g/mol. The summed E-state index contributed by atoms with van der Waals surface area (Å²) < 4.78 is 49.9. The second-order valence-electron chi connectivity index (χ2n) is 11.0. The summed E-state index contributed by atoms with van der Waals surface area (Å²) in [5, 5.41) is 15.1. The number of aromatic nitrogens is 5. The van der Waals surface area contributed by atoms with Gasteiger partial charge in [-0.25, -0.2) is 13.8 Å². The van der Waals surface area contributed by atoms with Gasteiger partial charge in [0.15, 0.2) is 5.65 Å². The number of fused-ring (bicyclic) bond motifs is 1. The molecule has 6 rings (SSSR count). The van der Waals surface area contributed by atoms with Crippen LogP contribution in [0.15, 0.2) is 59.9 Å². The molecule has 1 atom stereocenters. The SMILES string of the molecule is O=C(CC(C(F)F)n1ccc(F)n1)N1CCC(O)(Cn2cnc3c(ccn3-c3cccc(N4CCOCC4)c3)c2=O)CC1. The molecule has 1 aromatic carbocycles. The van der Waals surface area contributed by atoms with Crippen LogP contribution in [0.2, 0.25) is 0 Å². The van der Waals surface area contributed by atoms with Crippen molar-refractivity contribution in [3.8, 4) is 5.69 Å². The molecule has 2 saturated heterocycles. The van der Waals surface area contributed by atoms with Crippen LogP contribution in [-0.2, 0) is 16.1 Å². The average molecular weight is 600 g/mol. The molecule has 2 aliphatic heterocycles. The first-order chi connectivity index (χ1) is 20.7. The van der Waals surface area contributed by atoms with E-state index in [1.807, 2.05) is 28.8 Å². The molecule has 1 unspecified atom stereocenters. The van der Waals surface area contributed by atoms with Crippen LogP contribution in [0.4, 0.5) is 18.9 Å². The first kappa shape index (κ1) is 28.9. The van der Waals surface area contributed by atoms with Crippen LogP contribution in [0, 0.1) is 5.95 Å². The number of amides is 1. The van der Waals surface area contributed by atoms with Gasteiger partial charge in [-0.3, -0.25) is 18.8 Å². The minimum absolute atomic E-state index is 0.0271. The fourth-order valence-corrected chi connectivity index (χ4v) is 5.79. The third-order valence-electron chi connectivity index (χ3n) is 8.26. The Bertz CT molecular complexity index is 1650. The summed E-state index contributed by atoms with van der Waals surface area (Å²) in [4.78, 5) is 34.4. The topological polar surface area (TPSA) is 111 Å². The van der Waals surface area contributed by atoms with Gasteiger partial charge in [0.1, 0.15) is 12.4 Å². The maximum absolute atomic E-state index is 13.6. The van der Waals surface area contributed by atoms with E-state index >= 15 is 0 Å². The third-order valence-corrected chi connectivity index (χ3v) is 8.26. The number of alkyl halides is 2. The van der Waals surface area contributed by atoms with Crippen LogP contribution in [-0.4, -0.2) is 91.2 Å². The highest BCUT2D eigenvalue weighted by molar-refractivity contribution is 5.78. The first-order valence-electron chi connectivity index (χ1n) is 14.2. The van der Waals surface area contributed by atoms with Gasteiger partial charge in [0.05, 0.1) is 37.2 Å². The molecule has 0 radical (unpaired) electrons. The van der Waals surface area contributed by atoms with Crippen LogP contribution in [0.25, 0.3) is 16.7 Å². The number of hydrogen-bond acceptors (Lipinski definition) is 7. The maximum Gasteiger partial charge on any atom is 0.262 e. The highest BCUT2D eigenvalue weighted by Crippen LogP contribution is 2.28. The van der Waals surface area contributed by atoms with E-state index < -0.39 is 36.3 Å². The lowest BCUT2D eigenvalue weighted by molar-refractivity contribution is -0.138. The Morgan fingerprint density at radius 3 is 2.49 bits per heavy atom. The van der Waals surface area contributed by atoms with Crippen molar-refractivity contribution in [3.05, 3.63) is 71.4 Å². The zero-order valence-corrected chi connectivity index (χ0v) is 23.4. The molecule has 14 heteroatoms. The molecule has 43 heavy (non-hydrogen) atoms. The number of ether oxygens (including phenoxy) is 1. The minimum atomic E-state index is -2.91. The minimum Gasteiger partial charge on any atom is -0.388 e. The number of aliphatic hydroxyl groups is 1. The lowest BCUT2D eigenvalue weighted by Gasteiger charge is -2.38. The van der Waals surface area contributed by atoms with Crippen LogP contribution >= 0.6 is 0 Å². The van der Waals surface area contributed by atoms with Gasteiger partial charge in [-0.2, -0.15) is 4.39 Å². The zero-order chi connectivity index (χ0) is 30.1. The molecule has 0 spiro atoms. The monoisotopic (exact) mass is 599 g/mol. The number of rotatable bonds is 8. The normalized spacial score (nSPS) is 18.0. The van der Waals surface area contributed by atoms with E-state index in [9.17, 15) is 27.9 Å². The summed E-state index contributed by atoms with van der Waals surface area (Å²) in [6.07, 6.45) is 1.12. The fraction of sp³-hybridized carbons (Fsp3) is 0.448. The van der Waals surface area contributed by atoms with Crippen molar-refractivity contribution in [1.29, 1.82) is 0 Å². The molecule has 3 aromatic heterocycles. The Hall–Kier alpha value is -4.17. The van der Waals surface area contributed by atoms with Gasteiger partial charge in [-0.15, -0.1) is 5.10 Å². The molecule has 11 nitrogen and oxygen atoms in total. The molecule has 0 bridgehead atoms. The number of benzene rings is 1. The van der Waals surface area contributed by atoms with Crippen LogP contribution in [0.1, 0.15) is 25.3 Å². The van der Waals surface area contributed by atoms with Gasteiger partial charge >= 0.3 is 0 Å². The number of likely N-dealkylation sites (tertiary alicyclic amines) is 1. The molecule has 228 valence electrons. The predicted molar refractivity (Wildman–Crippen MR) is 151 cm³/mol. The van der Waals surface area contributed by atoms with Crippen molar-refractivity contribution in [3.63, 3.8) is 0 Å². The molecule has 4 aromatic rings. The molecule has 5 heterocycles. The van der Waals surface area contributed by atoms with Gasteiger partial charge in [0.25, 0.3) is 12.0 Å². The number of hydrogen-bond donors (Lipinski definition) is 1. The van der Waals surface area contributed by atoms with Gasteiger partial charge < -0.3 is 24.2 Å². The second kappa shape index (κ2) is 11.8. The second-order valence-corrected chi connectivity index (χ2v) is 11.0. The van der Waals surface area contributed by atoms with Gasteiger partial charge in [-0.05, 0) is 37.1 Å². The van der Waals surface area contributed by atoms with E-state index in [1.54, 1.807) is 12.3 Å². The highest BCUT2D eigenvalue weighted by atomic mass is 19.3. The summed E-state index contributed by atoms with van der Waals surface area (Å²) in [7, 11) is 0. The smallest absolute Gasteiger partial charge is 0.262 e. The van der Waals surface area contributed by atoms with Gasteiger partial charge in [0.2, 0.25) is 11.9 Å². The molecule has 1 amide bonds. The molecule has 1 N–H and O–H groups in total. The maximum atomic E-state index is 13.6. The van der Waals surface area contributed by atoms with Crippen molar-refractivity contribution in [2.75, 3.05) is 44.3 Å². The summed E-state index contributed by atoms with van der Waals surface area (Å²) in [5.41, 5.74) is 0.830. The van der Waals surface area contributed by atoms with Crippen LogP contribution in [0.3, 0.4) is 0 Å². The molecule has 2 aliphatic rings. The van der Waals surface area contributed by atoms with Crippen molar-refractivity contribution in [1.82, 2.24) is 28.8 Å². The van der Waals surface area contributed by atoms with E-state index in [2.05, 4.69) is 15.0 Å². The van der Waals surface area contributed by atoms with E-state index in [0.717, 1.165) is 41.4 Å². The Labute approximate surface area is 244 Å². The predicted octanol–water partition coefficient (Wildman–Crippen LogP) is 2.61. The van der Waals surface area contributed by atoms with Crippen LogP contribution in [0.5, 0.6) is 0 Å². The van der Waals surface area contributed by atoms with Crippen molar-refractivity contribution < 1.29 is 27.8 Å². The van der Waals surface area contributed by atoms with Crippen molar-refractivity contribution in [2.45, 2.75) is 43.9 Å². The number of carbonyl (C=O) groups is 1. The quantitative estimate of drug-likeness (QED) is 0.332. The van der Waals surface area contributed by atoms with E-state index in [0.29, 0.717) is 24.2 Å². The Morgan fingerprint density at radius 2 is 1.79 bits per heavy atom. The number of carbonyl (C=O) groups excluding carboxylic acids is 1. The van der Waals surface area contributed by atoms with E-state index in [-0.39, 0.29) is 38.0 Å². The third kappa shape index (κ3) is 6.02. The summed E-state index contributed by atoms with van der Waals surface area (Å²) in [6.45, 7) is 3.17. The molecule has 0 aliphatic carbocycles. The number of morpholine rings is 1. The average Bonchev–Trinajstić information content (AvgIpc) is 3.64. The standard InChI is InChI=1S/C29H32F3N7O4/c30-24-5-9-39(34-24)23(26(31)32)17-25(40)36-10-6-29(42,7-11-36)18-37-19-33-27-22(28(37)41)4-8-38(27)21-3-1-2-20(16-21)35-12-14-43-15-13-35/h1-5,8-9,16,19,23,26,42H,6-7,10-15,17-18H2. The van der Waals surface area contributed by atoms with Crippen LogP contribution < -0.4 is 10.5 Å². The largest absolute Gasteiger partial charge is 0.388 e. The number of piperidine rings is 1. The van der Waals surface area contributed by atoms with E-state index in [1.165, 1.54) is 15.8 Å². The fourth-order valence-electron chi connectivity index (χ4n) is 5.79. The summed E-state index contributed by atoms with van der Waals surface area (Å²) >= 11 is 0. The zero-order valence-electron chi connectivity index (χ0n) is 23.4. The molecule has 2 fully saturated rings. The number of anilines is 1. The van der Waals surface area contributed by atoms with E-state index in [4.69, 9.17) is 4.74 Å². The number of nitrogens with zero attached hydrogens (tertiary/aromatic N) is 7. The lowest BCUT2D eigenvalue weighted by atomic mass is 9.91. The summed E-state index contributed by atoms with van der Waals surface area (Å²) in [6, 6.07) is 9.07. The van der Waals surface area contributed by atoms with Gasteiger partial charge in [-0.1, -0.05) is 6.07 Å². The summed E-state index contributed by atoms with van der Waals surface area (Å²) in [5.74, 6) is -1.44. The Kier molecular flexibility index (Phi) is 7.97. The molecular formula is C29H32F3N7O4. The molecule has 0 saturated carbocycles. The first-order valence-corrected chi connectivity index (χ1v) is 14.2.